The zero-order valence-electron chi connectivity index (χ0n) is 15.6. The topological polar surface area (TPSA) is 124 Å². The van der Waals surface area contributed by atoms with Crippen molar-refractivity contribution < 1.29 is 18.9 Å². The van der Waals surface area contributed by atoms with Crippen molar-refractivity contribution in [1.29, 1.82) is 0 Å². The molecule has 150 valence electrons. The van der Waals surface area contributed by atoms with Gasteiger partial charge in [0, 0.05) is 48.4 Å². The lowest BCUT2D eigenvalue weighted by Gasteiger charge is -2.09. The Hall–Kier alpha value is -3.88. The first kappa shape index (κ1) is 19.9. The summed E-state index contributed by atoms with van der Waals surface area (Å²) in [6.07, 6.45) is 0. The van der Waals surface area contributed by atoms with E-state index in [9.17, 15) is 19.7 Å². The van der Waals surface area contributed by atoms with Gasteiger partial charge in [0.15, 0.2) is 6.61 Å². The SMILES string of the molecule is Cc1cc(=O)oc2cc(OCC(=O)NCCNc3ccc([N+](=O)[O-])cc3)ccc12. The molecule has 1 amide bonds. The molecule has 0 spiro atoms. The minimum atomic E-state index is -0.464. The molecule has 0 bridgehead atoms. The minimum absolute atomic E-state index is 0.0177. The monoisotopic (exact) mass is 397 g/mol. The average Bonchev–Trinajstić information content (AvgIpc) is 2.69. The smallest absolute Gasteiger partial charge is 0.336 e. The number of ether oxygens (including phenoxy) is 1. The molecule has 0 fully saturated rings. The highest BCUT2D eigenvalue weighted by Crippen LogP contribution is 2.22. The van der Waals surface area contributed by atoms with Crippen LogP contribution in [0.2, 0.25) is 0 Å². The van der Waals surface area contributed by atoms with Crippen LogP contribution in [0.3, 0.4) is 0 Å². The third-order valence-electron chi connectivity index (χ3n) is 4.15. The van der Waals surface area contributed by atoms with Crippen LogP contribution in [0.15, 0.2) is 57.7 Å². The number of anilines is 1. The summed E-state index contributed by atoms with van der Waals surface area (Å²) in [6.45, 7) is 2.44. The molecule has 0 aliphatic carbocycles. The van der Waals surface area contributed by atoms with Gasteiger partial charge in [0.25, 0.3) is 11.6 Å². The summed E-state index contributed by atoms with van der Waals surface area (Å²) in [4.78, 5) is 33.5. The molecule has 3 aromatic rings. The van der Waals surface area contributed by atoms with E-state index in [1.165, 1.54) is 18.2 Å². The molecule has 0 saturated carbocycles. The standard InChI is InChI=1S/C20H19N3O6/c1-13-10-20(25)29-18-11-16(6-7-17(13)18)28-12-19(24)22-9-8-21-14-2-4-15(5-3-14)23(26)27/h2-7,10-11,21H,8-9,12H2,1H3,(H,22,24). The van der Waals surface area contributed by atoms with Crippen LogP contribution < -0.4 is 21.0 Å². The summed E-state index contributed by atoms with van der Waals surface area (Å²) in [7, 11) is 0. The van der Waals surface area contributed by atoms with Crippen LogP contribution in [0, 0.1) is 17.0 Å². The van der Waals surface area contributed by atoms with Crippen molar-refractivity contribution in [2.45, 2.75) is 6.92 Å². The number of aryl methyl sites for hydroxylation is 1. The van der Waals surface area contributed by atoms with E-state index in [0.29, 0.717) is 30.1 Å². The Morgan fingerprint density at radius 3 is 2.62 bits per heavy atom. The number of nitrogens with zero attached hydrogens (tertiary/aromatic N) is 1. The fraction of sp³-hybridized carbons (Fsp3) is 0.200. The van der Waals surface area contributed by atoms with E-state index in [-0.39, 0.29) is 18.2 Å². The van der Waals surface area contributed by atoms with Gasteiger partial charge in [0.05, 0.1) is 4.92 Å². The molecule has 1 heterocycles. The van der Waals surface area contributed by atoms with E-state index < -0.39 is 10.5 Å². The number of non-ortho nitro benzene ring substituents is 1. The van der Waals surface area contributed by atoms with Crippen LogP contribution in [0.25, 0.3) is 11.0 Å². The van der Waals surface area contributed by atoms with Gasteiger partial charge in [-0.05, 0) is 36.8 Å². The zero-order valence-corrected chi connectivity index (χ0v) is 15.6. The molecule has 9 nitrogen and oxygen atoms in total. The van der Waals surface area contributed by atoms with Gasteiger partial charge in [-0.25, -0.2) is 4.79 Å². The maximum Gasteiger partial charge on any atom is 0.336 e. The zero-order chi connectivity index (χ0) is 20.8. The van der Waals surface area contributed by atoms with E-state index in [1.54, 1.807) is 30.3 Å². The molecule has 3 rings (SSSR count). The number of amides is 1. The minimum Gasteiger partial charge on any atom is -0.484 e. The molecule has 0 radical (unpaired) electrons. The Kier molecular flexibility index (Phi) is 6.08. The summed E-state index contributed by atoms with van der Waals surface area (Å²) in [6, 6.07) is 12.5. The van der Waals surface area contributed by atoms with Crippen LogP contribution >= 0.6 is 0 Å². The third-order valence-corrected chi connectivity index (χ3v) is 4.15. The fourth-order valence-corrected chi connectivity index (χ4v) is 2.70. The predicted octanol–water partition coefficient (Wildman–Crippen LogP) is 2.62. The molecule has 0 aliphatic heterocycles. The lowest BCUT2D eigenvalue weighted by Crippen LogP contribution is -2.32. The number of fused-ring (bicyclic) bond motifs is 1. The second-order valence-electron chi connectivity index (χ2n) is 6.28. The number of hydrogen-bond donors (Lipinski definition) is 2. The molecule has 0 saturated heterocycles. The van der Waals surface area contributed by atoms with Gasteiger partial charge in [0.1, 0.15) is 11.3 Å². The van der Waals surface area contributed by atoms with E-state index in [1.807, 2.05) is 6.92 Å². The molecular formula is C20H19N3O6. The van der Waals surface area contributed by atoms with E-state index in [4.69, 9.17) is 9.15 Å². The second-order valence-corrected chi connectivity index (χ2v) is 6.28. The predicted molar refractivity (Wildman–Crippen MR) is 107 cm³/mol. The van der Waals surface area contributed by atoms with Crippen molar-refractivity contribution in [3.05, 3.63) is 74.6 Å². The highest BCUT2D eigenvalue weighted by atomic mass is 16.6. The van der Waals surface area contributed by atoms with E-state index >= 15 is 0 Å². The maximum absolute atomic E-state index is 11.9. The number of rotatable bonds is 8. The van der Waals surface area contributed by atoms with E-state index in [0.717, 1.165) is 10.9 Å². The molecule has 9 heteroatoms. The first-order valence-corrected chi connectivity index (χ1v) is 8.85. The Morgan fingerprint density at radius 1 is 1.14 bits per heavy atom. The van der Waals surface area contributed by atoms with Crippen LogP contribution in [-0.4, -0.2) is 30.5 Å². The third kappa shape index (κ3) is 5.32. The van der Waals surface area contributed by atoms with Gasteiger partial charge in [-0.15, -0.1) is 0 Å². The first-order chi connectivity index (χ1) is 13.9. The summed E-state index contributed by atoms with van der Waals surface area (Å²) < 4.78 is 10.6. The highest BCUT2D eigenvalue weighted by molar-refractivity contribution is 5.81. The fourth-order valence-electron chi connectivity index (χ4n) is 2.70. The lowest BCUT2D eigenvalue weighted by atomic mass is 10.1. The number of nitro benzene ring substituents is 1. The molecule has 2 aromatic carbocycles. The van der Waals surface area contributed by atoms with Crippen molar-refractivity contribution in [1.82, 2.24) is 5.32 Å². The van der Waals surface area contributed by atoms with Gasteiger partial charge in [-0.1, -0.05) is 0 Å². The summed E-state index contributed by atoms with van der Waals surface area (Å²) in [5, 5.41) is 17.2. The molecule has 0 unspecified atom stereocenters. The summed E-state index contributed by atoms with van der Waals surface area (Å²) >= 11 is 0. The van der Waals surface area contributed by atoms with Gasteiger partial charge in [-0.2, -0.15) is 0 Å². The quantitative estimate of drug-likeness (QED) is 0.259. The number of nitro groups is 1. The van der Waals surface area contributed by atoms with Gasteiger partial charge >= 0.3 is 5.63 Å². The number of carbonyl (C=O) groups excluding carboxylic acids is 1. The summed E-state index contributed by atoms with van der Waals surface area (Å²) in [5.74, 6) is 0.117. The Morgan fingerprint density at radius 2 is 1.90 bits per heavy atom. The van der Waals surface area contributed by atoms with Crippen molar-refractivity contribution in [3.8, 4) is 5.75 Å². The number of nitrogens with one attached hydrogen (secondary N) is 2. The van der Waals surface area contributed by atoms with Crippen LogP contribution in [0.1, 0.15) is 5.56 Å². The molecule has 2 N–H and O–H groups in total. The largest absolute Gasteiger partial charge is 0.484 e. The Bertz CT molecular complexity index is 1090. The van der Waals surface area contributed by atoms with E-state index in [2.05, 4.69) is 10.6 Å². The molecule has 29 heavy (non-hydrogen) atoms. The van der Waals surface area contributed by atoms with Crippen LogP contribution in [0.5, 0.6) is 5.75 Å². The van der Waals surface area contributed by atoms with Gasteiger partial charge < -0.3 is 19.8 Å². The first-order valence-electron chi connectivity index (χ1n) is 8.85. The average molecular weight is 397 g/mol. The van der Waals surface area contributed by atoms with Crippen molar-refractivity contribution >= 4 is 28.3 Å². The van der Waals surface area contributed by atoms with Gasteiger partial charge in [-0.3, -0.25) is 14.9 Å². The van der Waals surface area contributed by atoms with Crippen molar-refractivity contribution in [2.24, 2.45) is 0 Å². The lowest BCUT2D eigenvalue weighted by molar-refractivity contribution is -0.384. The second kappa shape index (κ2) is 8.87. The van der Waals surface area contributed by atoms with Crippen molar-refractivity contribution in [2.75, 3.05) is 25.0 Å². The maximum atomic E-state index is 11.9. The van der Waals surface area contributed by atoms with Gasteiger partial charge in [0.2, 0.25) is 0 Å². The van der Waals surface area contributed by atoms with Crippen LogP contribution in [-0.2, 0) is 4.79 Å². The molecule has 0 atom stereocenters. The molecule has 1 aromatic heterocycles. The summed E-state index contributed by atoms with van der Waals surface area (Å²) in [5.41, 5.74) is 1.50. The van der Waals surface area contributed by atoms with Crippen molar-refractivity contribution in [3.63, 3.8) is 0 Å². The number of carbonyl (C=O) groups is 1. The normalized spacial score (nSPS) is 10.5. The highest BCUT2D eigenvalue weighted by Gasteiger charge is 2.07. The molecule has 0 aliphatic rings. The Balaban J connectivity index is 1.43. The Labute approximate surface area is 165 Å². The number of benzene rings is 2. The van der Waals surface area contributed by atoms with Crippen LogP contribution in [0.4, 0.5) is 11.4 Å². The molecular weight excluding hydrogens is 378 g/mol. The number of hydrogen-bond acceptors (Lipinski definition) is 7.